The highest BCUT2D eigenvalue weighted by atomic mass is 19.1. The Labute approximate surface area is 226 Å². The normalized spacial score (nSPS) is 13.6. The average Bonchev–Trinajstić information content (AvgIpc) is 3.26. The van der Waals surface area contributed by atoms with E-state index in [9.17, 15) is 14.0 Å². The predicted octanol–water partition coefficient (Wildman–Crippen LogP) is 5.14. The monoisotopic (exact) mass is 521 g/mol. The zero-order valence-corrected chi connectivity index (χ0v) is 21.7. The van der Waals surface area contributed by atoms with Crippen molar-refractivity contribution in [3.05, 3.63) is 125 Å². The van der Waals surface area contributed by atoms with Crippen molar-refractivity contribution in [2.45, 2.75) is 13.1 Å². The second kappa shape index (κ2) is 11.3. The van der Waals surface area contributed by atoms with Gasteiger partial charge in [-0.05, 0) is 79.3 Å². The number of carbonyl (C=O) groups excluding carboxylic acids is 2. The topological polar surface area (TPSA) is 86.4 Å². The first-order valence-electron chi connectivity index (χ1n) is 12.5. The molecule has 0 spiro atoms. The highest BCUT2D eigenvalue weighted by Crippen LogP contribution is 2.38. The van der Waals surface area contributed by atoms with E-state index in [1.54, 1.807) is 30.5 Å². The van der Waals surface area contributed by atoms with Crippen molar-refractivity contribution in [2.24, 2.45) is 0 Å². The molecule has 0 saturated carbocycles. The van der Waals surface area contributed by atoms with Crippen LogP contribution in [-0.2, 0) is 17.9 Å². The first-order valence-corrected chi connectivity index (χ1v) is 12.5. The Morgan fingerprint density at radius 3 is 2.51 bits per heavy atom. The quantitative estimate of drug-likeness (QED) is 0.280. The van der Waals surface area contributed by atoms with Gasteiger partial charge in [-0.2, -0.15) is 0 Å². The first kappa shape index (κ1) is 25.8. The van der Waals surface area contributed by atoms with E-state index in [-0.39, 0.29) is 18.4 Å². The van der Waals surface area contributed by atoms with Crippen LogP contribution < -0.4 is 16.0 Å². The third kappa shape index (κ3) is 6.02. The number of fused-ring (bicyclic) bond motifs is 1. The Morgan fingerprint density at radius 2 is 1.77 bits per heavy atom. The highest BCUT2D eigenvalue weighted by molar-refractivity contribution is 6.37. The molecule has 196 valence electrons. The number of rotatable bonds is 8. The zero-order chi connectivity index (χ0) is 27.4. The molecule has 39 heavy (non-hydrogen) atoms. The minimum absolute atomic E-state index is 0.276. The number of nitrogens with zero attached hydrogens (tertiary/aromatic N) is 2. The van der Waals surface area contributed by atoms with Gasteiger partial charge in [0, 0.05) is 30.5 Å². The number of pyridine rings is 1. The molecule has 0 saturated heterocycles. The number of nitrogens with one attached hydrogen (secondary N) is 3. The van der Waals surface area contributed by atoms with Crippen molar-refractivity contribution < 1.29 is 14.0 Å². The van der Waals surface area contributed by atoms with E-state index in [4.69, 9.17) is 0 Å². The van der Waals surface area contributed by atoms with Gasteiger partial charge in [0.05, 0.1) is 17.0 Å². The summed E-state index contributed by atoms with van der Waals surface area (Å²) in [7, 11) is 4.03. The third-order valence-electron chi connectivity index (χ3n) is 6.26. The number of amides is 2. The van der Waals surface area contributed by atoms with Gasteiger partial charge in [0.15, 0.2) is 0 Å². The summed E-state index contributed by atoms with van der Waals surface area (Å²) in [6, 6.07) is 25.0. The lowest BCUT2D eigenvalue weighted by Crippen LogP contribution is -2.23. The second-order valence-electron chi connectivity index (χ2n) is 9.55. The summed E-state index contributed by atoms with van der Waals surface area (Å²) in [4.78, 5) is 31.9. The van der Waals surface area contributed by atoms with Gasteiger partial charge in [-0.15, -0.1) is 0 Å². The van der Waals surface area contributed by atoms with Gasteiger partial charge in [0.25, 0.3) is 11.8 Å². The molecule has 8 heteroatoms. The maximum absolute atomic E-state index is 13.9. The van der Waals surface area contributed by atoms with E-state index in [1.807, 2.05) is 62.6 Å². The van der Waals surface area contributed by atoms with Crippen LogP contribution in [0.25, 0.3) is 11.3 Å². The molecule has 0 atom stereocenters. The van der Waals surface area contributed by atoms with Crippen LogP contribution in [0.2, 0.25) is 0 Å². The first-order chi connectivity index (χ1) is 18.9. The fraction of sp³-hybridized carbons (Fsp3) is 0.129. The number of halogens is 1. The molecule has 0 radical (unpaired) electrons. The van der Waals surface area contributed by atoms with E-state index >= 15 is 0 Å². The molecular weight excluding hydrogens is 493 g/mol. The third-order valence-corrected chi connectivity index (χ3v) is 6.26. The summed E-state index contributed by atoms with van der Waals surface area (Å²) >= 11 is 0. The SMILES string of the molecule is CN(C)Cc1ccc(NC(=C2C(=O)Nc3cc(F)ccc32)c2cccc(CNC(=O)c3ccccn3)c2)cc1. The molecule has 1 aromatic heterocycles. The molecule has 7 nitrogen and oxygen atoms in total. The molecule has 0 unspecified atom stereocenters. The molecule has 3 aromatic carbocycles. The van der Waals surface area contributed by atoms with Crippen molar-refractivity contribution in [1.82, 2.24) is 15.2 Å². The van der Waals surface area contributed by atoms with Crippen LogP contribution in [0, 0.1) is 5.82 Å². The highest BCUT2D eigenvalue weighted by Gasteiger charge is 2.29. The number of carbonyl (C=O) groups is 2. The lowest BCUT2D eigenvalue weighted by molar-refractivity contribution is -0.110. The Hall–Kier alpha value is -4.82. The van der Waals surface area contributed by atoms with Gasteiger partial charge < -0.3 is 20.9 Å². The molecule has 5 rings (SSSR count). The fourth-order valence-electron chi connectivity index (χ4n) is 4.48. The van der Waals surface area contributed by atoms with Crippen molar-refractivity contribution in [2.75, 3.05) is 24.7 Å². The van der Waals surface area contributed by atoms with E-state index in [1.165, 1.54) is 12.1 Å². The van der Waals surface area contributed by atoms with E-state index in [0.717, 1.165) is 28.9 Å². The van der Waals surface area contributed by atoms with Crippen LogP contribution in [0.3, 0.4) is 0 Å². The van der Waals surface area contributed by atoms with Crippen LogP contribution in [0.5, 0.6) is 0 Å². The minimum atomic E-state index is -0.424. The summed E-state index contributed by atoms with van der Waals surface area (Å²) in [5, 5.41) is 9.11. The summed E-state index contributed by atoms with van der Waals surface area (Å²) < 4.78 is 13.9. The number of hydrogen-bond acceptors (Lipinski definition) is 5. The van der Waals surface area contributed by atoms with Crippen molar-refractivity contribution in [1.29, 1.82) is 0 Å². The number of aromatic nitrogens is 1. The van der Waals surface area contributed by atoms with Gasteiger partial charge in [-0.1, -0.05) is 36.4 Å². The van der Waals surface area contributed by atoms with E-state index in [0.29, 0.717) is 28.2 Å². The maximum atomic E-state index is 13.9. The molecule has 0 fully saturated rings. The number of benzene rings is 3. The lowest BCUT2D eigenvalue weighted by Gasteiger charge is -2.17. The standard InChI is InChI=1S/C31H28FN5O2/c1-37(2)19-20-9-12-24(13-10-20)35-29(28-25-14-11-23(32)17-27(25)36-31(28)39)22-7-5-6-21(16-22)18-34-30(38)26-8-3-4-15-33-26/h3-17,35H,18-19H2,1-2H3,(H,34,38)(H,36,39). The summed E-state index contributed by atoms with van der Waals surface area (Å²) in [6.45, 7) is 1.08. The summed E-state index contributed by atoms with van der Waals surface area (Å²) in [6.07, 6.45) is 1.57. The average molecular weight is 522 g/mol. The van der Waals surface area contributed by atoms with Crippen LogP contribution >= 0.6 is 0 Å². The Morgan fingerprint density at radius 1 is 0.949 bits per heavy atom. The second-order valence-corrected chi connectivity index (χ2v) is 9.55. The summed E-state index contributed by atoms with van der Waals surface area (Å²) in [5.41, 5.74) is 5.92. The van der Waals surface area contributed by atoms with Crippen LogP contribution in [0.15, 0.2) is 91.1 Å². The van der Waals surface area contributed by atoms with Gasteiger partial charge >= 0.3 is 0 Å². The molecule has 3 N–H and O–H groups in total. The largest absolute Gasteiger partial charge is 0.354 e. The minimum Gasteiger partial charge on any atom is -0.354 e. The van der Waals surface area contributed by atoms with Gasteiger partial charge in [0.2, 0.25) is 0 Å². The smallest absolute Gasteiger partial charge is 0.270 e. The van der Waals surface area contributed by atoms with Crippen LogP contribution in [0.4, 0.5) is 15.8 Å². The lowest BCUT2D eigenvalue weighted by atomic mass is 9.98. The molecule has 0 bridgehead atoms. The molecule has 2 heterocycles. The molecular formula is C31H28FN5O2. The van der Waals surface area contributed by atoms with Crippen molar-refractivity contribution in [3.63, 3.8) is 0 Å². The molecule has 1 aliphatic heterocycles. The maximum Gasteiger partial charge on any atom is 0.270 e. The van der Waals surface area contributed by atoms with E-state index < -0.39 is 5.82 Å². The van der Waals surface area contributed by atoms with Crippen molar-refractivity contribution in [3.8, 4) is 0 Å². The van der Waals surface area contributed by atoms with Crippen LogP contribution in [-0.4, -0.2) is 35.8 Å². The molecule has 2 amide bonds. The Bertz CT molecular complexity index is 1550. The Kier molecular flexibility index (Phi) is 7.47. The molecule has 1 aliphatic rings. The van der Waals surface area contributed by atoms with Gasteiger partial charge in [-0.25, -0.2) is 4.39 Å². The molecule has 0 aliphatic carbocycles. The fourth-order valence-corrected chi connectivity index (χ4v) is 4.48. The number of hydrogen-bond donors (Lipinski definition) is 3. The summed E-state index contributed by atoms with van der Waals surface area (Å²) in [5.74, 6) is -1.02. The predicted molar refractivity (Wildman–Crippen MR) is 151 cm³/mol. The number of anilines is 2. The van der Waals surface area contributed by atoms with Crippen LogP contribution in [0.1, 0.15) is 32.7 Å². The zero-order valence-electron chi connectivity index (χ0n) is 21.7. The van der Waals surface area contributed by atoms with Gasteiger partial charge in [0.1, 0.15) is 11.5 Å². The van der Waals surface area contributed by atoms with E-state index in [2.05, 4.69) is 25.8 Å². The van der Waals surface area contributed by atoms with Crippen molar-refractivity contribution >= 4 is 34.5 Å². The van der Waals surface area contributed by atoms with Gasteiger partial charge in [-0.3, -0.25) is 14.6 Å². The molecule has 4 aromatic rings. The Balaban J connectivity index is 1.50.